The van der Waals surface area contributed by atoms with E-state index in [4.69, 9.17) is 16.1 Å². The lowest BCUT2D eigenvalue weighted by Crippen LogP contribution is -2.23. The fraction of sp³-hybridized carbons (Fsp3) is 0.200. The van der Waals surface area contributed by atoms with E-state index in [1.807, 2.05) is 0 Å². The van der Waals surface area contributed by atoms with Gasteiger partial charge in [0.05, 0.1) is 16.5 Å². The standard InChI is InChI=1S/C10H9BrClN3O3S/c1-6-14-10(15-18-6)5-13-19(16,17)7-2-3-9(12)8(11)4-7/h2-4,13H,5H2,1H3. The third-order valence-electron chi connectivity index (χ3n) is 2.19. The predicted molar refractivity (Wildman–Crippen MR) is 72.2 cm³/mol. The number of rotatable bonds is 4. The molecule has 0 bridgehead atoms. The molecule has 0 aliphatic rings. The molecular formula is C10H9BrClN3O3S. The number of aryl methyl sites for hydroxylation is 1. The fourth-order valence-corrected chi connectivity index (χ4v) is 2.95. The van der Waals surface area contributed by atoms with Gasteiger partial charge in [0.15, 0.2) is 5.82 Å². The molecule has 19 heavy (non-hydrogen) atoms. The summed E-state index contributed by atoms with van der Waals surface area (Å²) in [7, 11) is -3.65. The van der Waals surface area contributed by atoms with Crippen LogP contribution >= 0.6 is 27.5 Å². The summed E-state index contributed by atoms with van der Waals surface area (Å²) in [5.41, 5.74) is 0. The SMILES string of the molecule is Cc1nc(CNS(=O)(=O)c2ccc(Cl)c(Br)c2)no1. The molecule has 9 heteroatoms. The maximum absolute atomic E-state index is 12.0. The van der Waals surface area contributed by atoms with Crippen LogP contribution in [0.25, 0.3) is 0 Å². The van der Waals surface area contributed by atoms with Gasteiger partial charge in [0.1, 0.15) is 0 Å². The molecule has 0 unspecified atom stereocenters. The van der Waals surface area contributed by atoms with E-state index in [1.54, 1.807) is 6.92 Å². The minimum Gasteiger partial charge on any atom is -0.340 e. The smallest absolute Gasteiger partial charge is 0.241 e. The van der Waals surface area contributed by atoms with E-state index in [1.165, 1.54) is 18.2 Å². The molecule has 0 radical (unpaired) electrons. The van der Waals surface area contributed by atoms with Crippen LogP contribution in [0, 0.1) is 6.92 Å². The Morgan fingerprint density at radius 3 is 2.79 bits per heavy atom. The van der Waals surface area contributed by atoms with Gasteiger partial charge >= 0.3 is 0 Å². The van der Waals surface area contributed by atoms with E-state index >= 15 is 0 Å². The van der Waals surface area contributed by atoms with Gasteiger partial charge in [-0.15, -0.1) is 0 Å². The molecular weight excluding hydrogens is 358 g/mol. The number of nitrogens with zero attached hydrogens (tertiary/aromatic N) is 2. The third-order valence-corrected chi connectivity index (χ3v) is 4.80. The molecule has 6 nitrogen and oxygen atoms in total. The number of hydrogen-bond acceptors (Lipinski definition) is 5. The minimum absolute atomic E-state index is 0.0417. The van der Waals surface area contributed by atoms with Gasteiger partial charge in [-0.3, -0.25) is 0 Å². The van der Waals surface area contributed by atoms with E-state index < -0.39 is 10.0 Å². The monoisotopic (exact) mass is 365 g/mol. The van der Waals surface area contributed by atoms with E-state index in [0.29, 0.717) is 15.4 Å². The summed E-state index contributed by atoms with van der Waals surface area (Å²) in [5.74, 6) is 0.650. The summed E-state index contributed by atoms with van der Waals surface area (Å²) < 4.78 is 31.7. The van der Waals surface area contributed by atoms with Gasteiger partial charge < -0.3 is 4.52 Å². The maximum Gasteiger partial charge on any atom is 0.241 e. The van der Waals surface area contributed by atoms with Crippen molar-refractivity contribution in [3.8, 4) is 0 Å². The molecule has 1 heterocycles. The van der Waals surface area contributed by atoms with Crippen LogP contribution in [0.2, 0.25) is 5.02 Å². The molecule has 1 N–H and O–H groups in total. The van der Waals surface area contributed by atoms with Gasteiger partial charge in [0.2, 0.25) is 15.9 Å². The van der Waals surface area contributed by atoms with Gasteiger partial charge in [-0.2, -0.15) is 4.98 Å². The molecule has 0 aliphatic heterocycles. The Labute approximate surface area is 123 Å². The van der Waals surface area contributed by atoms with Crippen LogP contribution in [-0.2, 0) is 16.6 Å². The van der Waals surface area contributed by atoms with Crippen molar-refractivity contribution in [3.05, 3.63) is 39.4 Å². The first-order valence-electron chi connectivity index (χ1n) is 5.12. The van der Waals surface area contributed by atoms with Crippen LogP contribution < -0.4 is 4.72 Å². The molecule has 0 amide bonds. The topological polar surface area (TPSA) is 85.1 Å². The summed E-state index contributed by atoms with van der Waals surface area (Å²) in [6, 6.07) is 4.34. The predicted octanol–water partition coefficient (Wildman–Crippen LogP) is 2.27. The molecule has 0 spiro atoms. The highest BCUT2D eigenvalue weighted by Crippen LogP contribution is 2.25. The molecule has 0 saturated heterocycles. The van der Waals surface area contributed by atoms with Crippen molar-refractivity contribution >= 4 is 37.6 Å². The van der Waals surface area contributed by atoms with Crippen molar-refractivity contribution in [1.29, 1.82) is 0 Å². The molecule has 0 saturated carbocycles. The quantitative estimate of drug-likeness (QED) is 0.897. The van der Waals surface area contributed by atoms with E-state index in [-0.39, 0.29) is 17.3 Å². The number of hydrogen-bond donors (Lipinski definition) is 1. The summed E-state index contributed by atoms with van der Waals surface area (Å²) >= 11 is 8.99. The first-order chi connectivity index (χ1) is 8.88. The average Bonchev–Trinajstić information content (AvgIpc) is 2.76. The van der Waals surface area contributed by atoms with Crippen LogP contribution in [0.15, 0.2) is 32.1 Å². The largest absolute Gasteiger partial charge is 0.340 e. The Bertz CT molecular complexity index is 702. The molecule has 0 atom stereocenters. The number of benzene rings is 1. The average molecular weight is 367 g/mol. The van der Waals surface area contributed by atoms with Crippen molar-refractivity contribution in [2.75, 3.05) is 0 Å². The molecule has 0 fully saturated rings. The summed E-state index contributed by atoms with van der Waals surface area (Å²) in [6.45, 7) is 1.58. The number of sulfonamides is 1. The highest BCUT2D eigenvalue weighted by molar-refractivity contribution is 9.10. The minimum atomic E-state index is -3.65. The second-order valence-corrected chi connectivity index (χ2v) is 6.66. The van der Waals surface area contributed by atoms with Crippen LogP contribution in [0.4, 0.5) is 0 Å². The lowest BCUT2D eigenvalue weighted by Gasteiger charge is -2.05. The van der Waals surface area contributed by atoms with Crippen molar-refractivity contribution < 1.29 is 12.9 Å². The highest BCUT2D eigenvalue weighted by atomic mass is 79.9. The van der Waals surface area contributed by atoms with Crippen molar-refractivity contribution in [2.45, 2.75) is 18.4 Å². The number of aromatic nitrogens is 2. The Balaban J connectivity index is 2.16. The first-order valence-corrected chi connectivity index (χ1v) is 7.78. The molecule has 102 valence electrons. The summed E-state index contributed by atoms with van der Waals surface area (Å²) in [4.78, 5) is 4.00. The van der Waals surface area contributed by atoms with E-state index in [9.17, 15) is 8.42 Å². The number of nitrogens with one attached hydrogen (secondary N) is 1. The van der Waals surface area contributed by atoms with Crippen LogP contribution in [0.1, 0.15) is 11.7 Å². The van der Waals surface area contributed by atoms with Crippen LogP contribution in [-0.4, -0.2) is 18.6 Å². The molecule has 0 aliphatic carbocycles. The second kappa shape index (κ2) is 5.58. The number of halogens is 2. The van der Waals surface area contributed by atoms with Gasteiger partial charge in [-0.1, -0.05) is 16.8 Å². The maximum atomic E-state index is 12.0. The summed E-state index contributed by atoms with van der Waals surface area (Å²) in [6.07, 6.45) is 0. The van der Waals surface area contributed by atoms with Crippen molar-refractivity contribution in [2.24, 2.45) is 0 Å². The second-order valence-electron chi connectivity index (χ2n) is 3.63. The zero-order valence-corrected chi connectivity index (χ0v) is 12.9. The Morgan fingerprint density at radius 1 is 1.47 bits per heavy atom. The fourth-order valence-electron chi connectivity index (χ4n) is 1.30. The Hall–Kier alpha value is -0.960. The Morgan fingerprint density at radius 2 is 2.21 bits per heavy atom. The molecule has 1 aromatic heterocycles. The van der Waals surface area contributed by atoms with E-state index in [0.717, 1.165) is 0 Å². The van der Waals surface area contributed by atoms with Gasteiger partial charge in [-0.05, 0) is 34.1 Å². The van der Waals surface area contributed by atoms with Crippen molar-refractivity contribution in [1.82, 2.24) is 14.9 Å². The Kier molecular flexibility index (Phi) is 4.24. The molecule has 2 rings (SSSR count). The zero-order valence-electron chi connectivity index (χ0n) is 9.72. The lowest BCUT2D eigenvalue weighted by molar-refractivity contribution is 0.387. The normalized spacial score (nSPS) is 11.7. The van der Waals surface area contributed by atoms with Gasteiger partial charge in [0, 0.05) is 11.4 Å². The highest BCUT2D eigenvalue weighted by Gasteiger charge is 2.16. The lowest BCUT2D eigenvalue weighted by atomic mass is 10.4. The molecule has 2 aromatic rings. The third kappa shape index (κ3) is 3.53. The van der Waals surface area contributed by atoms with Gasteiger partial charge in [0.25, 0.3) is 0 Å². The van der Waals surface area contributed by atoms with Gasteiger partial charge in [-0.25, -0.2) is 13.1 Å². The molecule has 1 aromatic carbocycles. The van der Waals surface area contributed by atoms with Crippen molar-refractivity contribution in [3.63, 3.8) is 0 Å². The van der Waals surface area contributed by atoms with Crippen LogP contribution in [0.5, 0.6) is 0 Å². The summed E-state index contributed by atoms with van der Waals surface area (Å²) in [5, 5.41) is 4.04. The first kappa shape index (κ1) is 14.4. The van der Waals surface area contributed by atoms with Crippen LogP contribution in [0.3, 0.4) is 0 Å². The van der Waals surface area contributed by atoms with E-state index in [2.05, 4.69) is 30.8 Å². The zero-order chi connectivity index (χ0) is 14.0.